The third-order valence-electron chi connectivity index (χ3n) is 6.11. The minimum Gasteiger partial charge on any atom is -0.496 e. The number of aromatic nitrogens is 3. The predicted octanol–water partition coefficient (Wildman–Crippen LogP) is 5.71. The third-order valence-corrected chi connectivity index (χ3v) is 6.11. The molecule has 2 aromatic heterocycles. The van der Waals surface area contributed by atoms with Gasteiger partial charge in [-0.3, -0.25) is 0 Å². The SMILES string of the molecule is COc1cc(F)c(OCCC(C)(F)C(C)c2ccc(F)cc2)c(F)c1-c1ccn2nc(N)nc2c1. The number of rotatable bonds is 8. The number of ether oxygens (including phenoxy) is 2. The number of methoxy groups -OCH3 is 1. The summed E-state index contributed by atoms with van der Waals surface area (Å²) in [6.07, 6.45) is 1.37. The van der Waals surface area contributed by atoms with Gasteiger partial charge in [-0.15, -0.1) is 5.10 Å². The van der Waals surface area contributed by atoms with Crippen molar-refractivity contribution < 1.29 is 27.0 Å². The van der Waals surface area contributed by atoms with Crippen molar-refractivity contribution in [1.29, 1.82) is 0 Å². The third kappa shape index (κ3) is 4.87. The van der Waals surface area contributed by atoms with Gasteiger partial charge in [0.1, 0.15) is 17.2 Å². The molecule has 2 heterocycles. The smallest absolute Gasteiger partial charge is 0.240 e. The molecule has 2 aromatic carbocycles. The maximum absolute atomic E-state index is 15.5. The number of hydrogen-bond acceptors (Lipinski definition) is 5. The van der Waals surface area contributed by atoms with Gasteiger partial charge in [-0.1, -0.05) is 19.1 Å². The molecule has 2 atom stereocenters. The van der Waals surface area contributed by atoms with Gasteiger partial charge in [-0.25, -0.2) is 22.1 Å². The van der Waals surface area contributed by atoms with E-state index in [1.165, 1.54) is 55.1 Å². The van der Waals surface area contributed by atoms with E-state index in [0.717, 1.165) is 6.07 Å². The molecular weight excluding hydrogens is 464 g/mol. The zero-order chi connectivity index (χ0) is 25.3. The molecule has 35 heavy (non-hydrogen) atoms. The molecule has 0 aliphatic carbocycles. The van der Waals surface area contributed by atoms with Gasteiger partial charge >= 0.3 is 0 Å². The molecule has 0 radical (unpaired) electrons. The van der Waals surface area contributed by atoms with Crippen molar-refractivity contribution in [1.82, 2.24) is 14.6 Å². The van der Waals surface area contributed by atoms with E-state index in [4.69, 9.17) is 15.2 Å². The van der Waals surface area contributed by atoms with Crippen molar-refractivity contribution in [2.24, 2.45) is 0 Å². The van der Waals surface area contributed by atoms with Crippen LogP contribution >= 0.6 is 0 Å². The van der Waals surface area contributed by atoms with Crippen LogP contribution in [-0.2, 0) is 0 Å². The first-order valence-electron chi connectivity index (χ1n) is 10.9. The summed E-state index contributed by atoms with van der Waals surface area (Å²) in [7, 11) is 1.29. The van der Waals surface area contributed by atoms with E-state index in [-0.39, 0.29) is 30.3 Å². The minimum absolute atomic E-state index is 0.0434. The van der Waals surface area contributed by atoms with E-state index in [1.54, 1.807) is 13.0 Å². The molecule has 184 valence electrons. The van der Waals surface area contributed by atoms with Crippen LogP contribution in [0, 0.1) is 17.5 Å². The summed E-state index contributed by atoms with van der Waals surface area (Å²) in [6.45, 7) is 2.74. The van der Waals surface area contributed by atoms with Crippen molar-refractivity contribution in [2.45, 2.75) is 31.9 Å². The Balaban J connectivity index is 1.58. The molecule has 0 saturated carbocycles. The van der Waals surface area contributed by atoms with Gasteiger partial charge in [0.25, 0.3) is 0 Å². The fraction of sp³-hybridized carbons (Fsp3) is 0.280. The Morgan fingerprint density at radius 2 is 1.83 bits per heavy atom. The number of hydrogen-bond donors (Lipinski definition) is 1. The quantitative estimate of drug-likeness (QED) is 0.322. The molecule has 0 spiro atoms. The first-order chi connectivity index (χ1) is 16.6. The average molecular weight is 488 g/mol. The number of halogens is 4. The molecule has 0 saturated heterocycles. The topological polar surface area (TPSA) is 74.7 Å². The van der Waals surface area contributed by atoms with Crippen LogP contribution in [0.25, 0.3) is 16.8 Å². The lowest BCUT2D eigenvalue weighted by Crippen LogP contribution is -2.28. The Hall–Kier alpha value is -3.82. The van der Waals surface area contributed by atoms with E-state index >= 15 is 8.78 Å². The number of benzene rings is 2. The number of nitrogen functional groups attached to an aromatic ring is 1. The molecule has 0 amide bonds. The van der Waals surface area contributed by atoms with Crippen LogP contribution in [-0.4, -0.2) is 34.0 Å². The van der Waals surface area contributed by atoms with Gasteiger partial charge < -0.3 is 15.2 Å². The molecular formula is C25H24F4N4O2. The van der Waals surface area contributed by atoms with Crippen molar-refractivity contribution >= 4 is 11.6 Å². The summed E-state index contributed by atoms with van der Waals surface area (Å²) in [5, 5.41) is 3.97. The van der Waals surface area contributed by atoms with E-state index in [2.05, 4.69) is 10.1 Å². The van der Waals surface area contributed by atoms with Crippen LogP contribution in [0.2, 0.25) is 0 Å². The standard InChI is InChI=1S/C25H24F4N4O2/c1-14(15-4-6-17(26)7-5-15)25(2,29)9-11-35-23-18(27)13-19(34-3)21(22(23)28)16-8-10-33-20(12-16)31-24(30)32-33/h4-8,10,12-14H,9,11H2,1-3H3,(H2,30,32). The molecule has 4 aromatic rings. The summed E-state index contributed by atoms with van der Waals surface area (Å²) in [5.41, 5.74) is 5.08. The summed E-state index contributed by atoms with van der Waals surface area (Å²) in [6, 6.07) is 9.61. The summed E-state index contributed by atoms with van der Waals surface area (Å²) in [4.78, 5) is 4.05. The largest absolute Gasteiger partial charge is 0.496 e. The van der Waals surface area contributed by atoms with Gasteiger partial charge in [-0.05, 0) is 42.3 Å². The van der Waals surface area contributed by atoms with Crippen LogP contribution in [0.1, 0.15) is 31.7 Å². The number of pyridine rings is 1. The molecule has 4 rings (SSSR count). The van der Waals surface area contributed by atoms with E-state index in [9.17, 15) is 8.78 Å². The van der Waals surface area contributed by atoms with Gasteiger partial charge in [0.05, 0.1) is 19.3 Å². The van der Waals surface area contributed by atoms with Crippen molar-refractivity contribution in [3.63, 3.8) is 0 Å². The molecule has 0 bridgehead atoms. The molecule has 6 nitrogen and oxygen atoms in total. The van der Waals surface area contributed by atoms with Crippen LogP contribution in [0.5, 0.6) is 11.5 Å². The van der Waals surface area contributed by atoms with Crippen molar-refractivity contribution in [3.8, 4) is 22.6 Å². The minimum atomic E-state index is -1.78. The van der Waals surface area contributed by atoms with Crippen molar-refractivity contribution in [3.05, 3.63) is 71.7 Å². The highest BCUT2D eigenvalue weighted by atomic mass is 19.1. The summed E-state index contributed by atoms with van der Waals surface area (Å²) in [5.74, 6) is -3.65. The lowest BCUT2D eigenvalue weighted by molar-refractivity contribution is 0.112. The molecule has 0 fully saturated rings. The highest BCUT2D eigenvalue weighted by molar-refractivity contribution is 5.75. The predicted molar refractivity (Wildman–Crippen MR) is 124 cm³/mol. The fourth-order valence-electron chi connectivity index (χ4n) is 3.86. The number of nitrogens with two attached hydrogens (primary N) is 1. The van der Waals surface area contributed by atoms with Gasteiger partial charge in [0.15, 0.2) is 23.0 Å². The first kappa shape index (κ1) is 24.3. The van der Waals surface area contributed by atoms with Crippen LogP contribution in [0.15, 0.2) is 48.7 Å². The molecule has 0 aliphatic rings. The number of alkyl halides is 1. The number of anilines is 1. The van der Waals surface area contributed by atoms with Crippen LogP contribution in [0.4, 0.5) is 23.5 Å². The molecule has 2 N–H and O–H groups in total. The van der Waals surface area contributed by atoms with Crippen molar-refractivity contribution in [2.75, 3.05) is 19.5 Å². The molecule has 0 aliphatic heterocycles. The van der Waals surface area contributed by atoms with Crippen LogP contribution < -0.4 is 15.2 Å². The average Bonchev–Trinajstić information content (AvgIpc) is 3.20. The Morgan fingerprint density at radius 3 is 2.51 bits per heavy atom. The highest BCUT2D eigenvalue weighted by Gasteiger charge is 2.32. The van der Waals surface area contributed by atoms with Gasteiger partial charge in [-0.2, -0.15) is 4.98 Å². The van der Waals surface area contributed by atoms with Gasteiger partial charge in [0.2, 0.25) is 5.95 Å². The molecule has 2 unspecified atom stereocenters. The second-order valence-electron chi connectivity index (χ2n) is 8.42. The second kappa shape index (κ2) is 9.44. The van der Waals surface area contributed by atoms with E-state index < -0.39 is 34.8 Å². The zero-order valence-electron chi connectivity index (χ0n) is 19.4. The lowest BCUT2D eigenvalue weighted by atomic mass is 9.84. The Bertz CT molecular complexity index is 1360. The highest BCUT2D eigenvalue weighted by Crippen LogP contribution is 2.40. The first-order valence-corrected chi connectivity index (χ1v) is 10.9. The lowest BCUT2D eigenvalue weighted by Gasteiger charge is -2.28. The Kier molecular flexibility index (Phi) is 6.56. The van der Waals surface area contributed by atoms with Gasteiger partial charge in [0, 0.05) is 24.6 Å². The molecule has 10 heteroatoms. The Morgan fingerprint density at radius 1 is 1.11 bits per heavy atom. The monoisotopic (exact) mass is 488 g/mol. The Labute approximate surface area is 199 Å². The number of fused-ring (bicyclic) bond motifs is 1. The van der Waals surface area contributed by atoms with E-state index in [1.807, 2.05) is 0 Å². The fourth-order valence-corrected chi connectivity index (χ4v) is 3.86. The summed E-state index contributed by atoms with van der Waals surface area (Å²) >= 11 is 0. The second-order valence-corrected chi connectivity index (χ2v) is 8.42. The normalized spacial score (nSPS) is 14.0. The van der Waals surface area contributed by atoms with E-state index in [0.29, 0.717) is 16.8 Å². The maximum Gasteiger partial charge on any atom is 0.240 e. The zero-order valence-corrected chi connectivity index (χ0v) is 19.4. The number of nitrogens with zero attached hydrogens (tertiary/aromatic N) is 3. The maximum atomic E-state index is 15.5. The summed E-state index contributed by atoms with van der Waals surface area (Å²) < 4.78 is 70.8. The van der Waals surface area contributed by atoms with Crippen LogP contribution in [0.3, 0.4) is 0 Å².